The molecule has 3 fully saturated rings. The molecule has 6 unspecified atom stereocenters. The molecular formula is C17H24O6. The van der Waals surface area contributed by atoms with Gasteiger partial charge in [0.25, 0.3) is 0 Å². The van der Waals surface area contributed by atoms with E-state index in [1.165, 1.54) is 0 Å². The van der Waals surface area contributed by atoms with Crippen molar-refractivity contribution in [2.24, 2.45) is 29.1 Å². The van der Waals surface area contributed by atoms with Crippen molar-refractivity contribution in [3.8, 4) is 0 Å². The molecule has 0 aromatic heterocycles. The monoisotopic (exact) mass is 324 g/mol. The summed E-state index contributed by atoms with van der Waals surface area (Å²) in [6.07, 6.45) is 0.394. The molecule has 0 amide bonds. The second-order valence-corrected chi connectivity index (χ2v) is 7.38. The molecule has 6 nitrogen and oxygen atoms in total. The van der Waals surface area contributed by atoms with Crippen LogP contribution in [0.15, 0.2) is 0 Å². The van der Waals surface area contributed by atoms with E-state index in [4.69, 9.17) is 14.2 Å². The third-order valence-electron chi connectivity index (χ3n) is 5.78. The van der Waals surface area contributed by atoms with Gasteiger partial charge in [-0.25, -0.2) is 0 Å². The maximum absolute atomic E-state index is 12.4. The van der Waals surface area contributed by atoms with Gasteiger partial charge in [-0.1, -0.05) is 6.92 Å². The summed E-state index contributed by atoms with van der Waals surface area (Å²) >= 11 is 0. The Labute approximate surface area is 135 Å². The SMILES string of the molecule is CCOC(=O)C1C2CC3C(OC(=O)C31)C2OC(=O)C(C)(C)CC. The molecule has 0 aromatic carbocycles. The molecule has 128 valence electrons. The lowest BCUT2D eigenvalue weighted by Gasteiger charge is -2.32. The van der Waals surface area contributed by atoms with Gasteiger partial charge in [-0.3, -0.25) is 14.4 Å². The van der Waals surface area contributed by atoms with Gasteiger partial charge in [-0.2, -0.15) is 0 Å². The zero-order valence-electron chi connectivity index (χ0n) is 14.0. The first kappa shape index (κ1) is 16.3. The van der Waals surface area contributed by atoms with Crippen LogP contribution in [0.4, 0.5) is 0 Å². The number of esters is 3. The molecule has 2 saturated carbocycles. The zero-order valence-corrected chi connectivity index (χ0v) is 14.0. The number of fused-ring (bicyclic) bond motifs is 1. The first-order valence-electron chi connectivity index (χ1n) is 8.40. The van der Waals surface area contributed by atoms with Crippen LogP contribution < -0.4 is 0 Å². The smallest absolute Gasteiger partial charge is 0.311 e. The lowest BCUT2D eigenvalue weighted by Crippen LogP contribution is -2.45. The number of ether oxygens (including phenoxy) is 3. The van der Waals surface area contributed by atoms with Gasteiger partial charge in [-0.15, -0.1) is 0 Å². The molecule has 1 heterocycles. The molecule has 1 aliphatic heterocycles. The van der Waals surface area contributed by atoms with Crippen LogP contribution in [0.1, 0.15) is 40.5 Å². The minimum atomic E-state index is -0.594. The van der Waals surface area contributed by atoms with E-state index in [9.17, 15) is 14.4 Å². The molecule has 23 heavy (non-hydrogen) atoms. The Morgan fingerprint density at radius 2 is 1.96 bits per heavy atom. The summed E-state index contributed by atoms with van der Waals surface area (Å²) in [7, 11) is 0. The minimum Gasteiger partial charge on any atom is -0.466 e. The van der Waals surface area contributed by atoms with Crippen molar-refractivity contribution in [2.75, 3.05) is 6.61 Å². The quantitative estimate of drug-likeness (QED) is 0.566. The van der Waals surface area contributed by atoms with E-state index in [0.717, 1.165) is 0 Å². The highest BCUT2D eigenvalue weighted by Gasteiger charge is 2.70. The molecule has 6 atom stereocenters. The van der Waals surface area contributed by atoms with Gasteiger partial charge in [0.05, 0.1) is 23.9 Å². The van der Waals surface area contributed by atoms with Crippen LogP contribution in [-0.2, 0) is 28.6 Å². The number of hydrogen-bond acceptors (Lipinski definition) is 6. The summed E-state index contributed by atoms with van der Waals surface area (Å²) in [5.74, 6) is -2.24. The fraction of sp³-hybridized carbons (Fsp3) is 0.824. The van der Waals surface area contributed by atoms with Crippen molar-refractivity contribution in [1.82, 2.24) is 0 Å². The summed E-state index contributed by atoms with van der Waals surface area (Å²) in [5.41, 5.74) is -0.594. The lowest BCUT2D eigenvalue weighted by molar-refractivity contribution is -0.173. The van der Waals surface area contributed by atoms with Crippen LogP contribution in [-0.4, -0.2) is 36.7 Å². The molecule has 6 heteroatoms. The van der Waals surface area contributed by atoms with Crippen LogP contribution >= 0.6 is 0 Å². The minimum absolute atomic E-state index is 0.0376. The van der Waals surface area contributed by atoms with Crippen molar-refractivity contribution >= 4 is 17.9 Å². The summed E-state index contributed by atoms with van der Waals surface area (Å²) in [6.45, 7) is 7.59. The fourth-order valence-electron chi connectivity index (χ4n) is 4.13. The van der Waals surface area contributed by atoms with E-state index in [0.29, 0.717) is 12.8 Å². The highest BCUT2D eigenvalue weighted by molar-refractivity contribution is 5.86. The van der Waals surface area contributed by atoms with E-state index in [1.54, 1.807) is 6.92 Å². The molecule has 0 N–H and O–H groups in total. The van der Waals surface area contributed by atoms with Gasteiger partial charge in [-0.05, 0) is 33.6 Å². The van der Waals surface area contributed by atoms with Crippen LogP contribution in [0.2, 0.25) is 0 Å². The van der Waals surface area contributed by atoms with Crippen molar-refractivity contribution in [3.05, 3.63) is 0 Å². The van der Waals surface area contributed by atoms with Crippen LogP contribution in [0.25, 0.3) is 0 Å². The summed E-state index contributed by atoms with van der Waals surface area (Å²) in [6, 6.07) is 0. The Morgan fingerprint density at radius 3 is 2.57 bits per heavy atom. The van der Waals surface area contributed by atoms with Gasteiger partial charge >= 0.3 is 17.9 Å². The zero-order chi connectivity index (χ0) is 16.9. The molecule has 1 saturated heterocycles. The van der Waals surface area contributed by atoms with Crippen LogP contribution in [0, 0.1) is 29.1 Å². The molecule has 0 radical (unpaired) electrons. The first-order valence-corrected chi connectivity index (χ1v) is 8.40. The van der Waals surface area contributed by atoms with Gasteiger partial charge in [0.15, 0.2) is 0 Å². The van der Waals surface area contributed by atoms with Crippen LogP contribution in [0.5, 0.6) is 0 Å². The van der Waals surface area contributed by atoms with Crippen molar-refractivity contribution in [3.63, 3.8) is 0 Å². The third kappa shape index (κ3) is 2.34. The standard InChI is InChI=1S/C17H24O6/c1-5-17(3,4)16(20)23-13-8-7-9-11(15(19)22-12(9)13)10(8)14(18)21-6-2/h8-13H,5-7H2,1-4H3. The second-order valence-electron chi connectivity index (χ2n) is 7.38. The van der Waals surface area contributed by atoms with Crippen LogP contribution in [0.3, 0.4) is 0 Å². The van der Waals surface area contributed by atoms with Crippen molar-refractivity contribution in [1.29, 1.82) is 0 Å². The number of carbonyl (C=O) groups is 3. The fourth-order valence-corrected chi connectivity index (χ4v) is 4.13. The van der Waals surface area contributed by atoms with E-state index >= 15 is 0 Å². The second kappa shape index (κ2) is 5.49. The number of hydrogen-bond donors (Lipinski definition) is 0. The summed E-state index contributed by atoms with van der Waals surface area (Å²) in [5, 5.41) is 0. The van der Waals surface area contributed by atoms with E-state index in [1.807, 2.05) is 20.8 Å². The number of rotatable bonds is 5. The van der Waals surface area contributed by atoms with E-state index in [-0.39, 0.29) is 36.4 Å². The van der Waals surface area contributed by atoms with Gasteiger partial charge in [0, 0.05) is 11.8 Å². The maximum Gasteiger partial charge on any atom is 0.311 e. The van der Waals surface area contributed by atoms with Gasteiger partial charge < -0.3 is 14.2 Å². The van der Waals surface area contributed by atoms with Gasteiger partial charge in [0.1, 0.15) is 12.2 Å². The average molecular weight is 324 g/mol. The molecule has 0 spiro atoms. The normalized spacial score (nSPS) is 37.7. The predicted molar refractivity (Wildman–Crippen MR) is 79.0 cm³/mol. The first-order chi connectivity index (χ1) is 10.8. The van der Waals surface area contributed by atoms with Gasteiger partial charge in [0.2, 0.25) is 0 Å². The Balaban J connectivity index is 1.82. The molecule has 2 bridgehead atoms. The lowest BCUT2D eigenvalue weighted by atomic mass is 9.78. The van der Waals surface area contributed by atoms with Crippen molar-refractivity contribution < 1.29 is 28.6 Å². The summed E-state index contributed by atoms with van der Waals surface area (Å²) < 4.78 is 16.3. The topological polar surface area (TPSA) is 78.9 Å². The molecular weight excluding hydrogens is 300 g/mol. The highest BCUT2D eigenvalue weighted by Crippen LogP contribution is 2.59. The average Bonchev–Trinajstić information content (AvgIpc) is 3.10. The summed E-state index contributed by atoms with van der Waals surface area (Å²) in [4.78, 5) is 36.8. The molecule has 3 rings (SSSR count). The molecule has 0 aromatic rings. The Kier molecular flexibility index (Phi) is 3.89. The Bertz CT molecular complexity index is 539. The van der Waals surface area contributed by atoms with E-state index in [2.05, 4.69) is 0 Å². The third-order valence-corrected chi connectivity index (χ3v) is 5.78. The Hall–Kier alpha value is -1.59. The molecule has 2 aliphatic carbocycles. The maximum atomic E-state index is 12.4. The van der Waals surface area contributed by atoms with Crippen molar-refractivity contribution in [2.45, 2.75) is 52.7 Å². The highest BCUT2D eigenvalue weighted by atomic mass is 16.6. The largest absolute Gasteiger partial charge is 0.466 e. The Morgan fingerprint density at radius 1 is 1.26 bits per heavy atom. The number of carbonyl (C=O) groups excluding carboxylic acids is 3. The predicted octanol–water partition coefficient (Wildman–Crippen LogP) is 1.70. The van der Waals surface area contributed by atoms with E-state index < -0.39 is 29.5 Å². The molecule has 3 aliphatic rings.